The maximum atomic E-state index is 6.01. The fourth-order valence-electron chi connectivity index (χ4n) is 2.18. The van der Waals surface area contributed by atoms with Gasteiger partial charge in [-0.25, -0.2) is 0 Å². The molecule has 4 heteroatoms. The third kappa shape index (κ3) is 4.32. The fraction of sp³-hybridized carbons (Fsp3) is 0.333. The molecule has 1 atom stereocenters. The van der Waals surface area contributed by atoms with Crippen molar-refractivity contribution in [2.75, 3.05) is 6.54 Å². The second-order valence-electron chi connectivity index (χ2n) is 4.58. The van der Waals surface area contributed by atoms with Crippen LogP contribution in [-0.2, 0) is 6.42 Å². The molecule has 0 bridgehead atoms. The Labute approximate surface area is 132 Å². The molecule has 0 saturated heterocycles. The van der Waals surface area contributed by atoms with Gasteiger partial charge in [-0.3, -0.25) is 0 Å². The predicted octanol–water partition coefficient (Wildman–Crippen LogP) is 5.37. The molecule has 0 saturated carbocycles. The van der Waals surface area contributed by atoms with E-state index in [1.807, 2.05) is 6.07 Å². The number of halogens is 2. The molecule has 1 nitrogen and oxygen atoms in total. The molecule has 19 heavy (non-hydrogen) atoms. The molecule has 0 amide bonds. The highest BCUT2D eigenvalue weighted by Gasteiger charge is 2.13. The summed E-state index contributed by atoms with van der Waals surface area (Å²) in [5, 5.41) is 3.55. The molecule has 2 rings (SSSR count). The monoisotopic (exact) mass is 357 g/mol. The van der Waals surface area contributed by atoms with Gasteiger partial charge in [0.05, 0.1) is 4.34 Å². The summed E-state index contributed by atoms with van der Waals surface area (Å²) < 4.78 is 1.99. The van der Waals surface area contributed by atoms with Crippen LogP contribution < -0.4 is 5.32 Å². The van der Waals surface area contributed by atoms with Gasteiger partial charge < -0.3 is 5.32 Å². The largest absolute Gasteiger partial charge is 0.310 e. The molecular weight excluding hydrogens is 342 g/mol. The second kappa shape index (κ2) is 6.89. The van der Waals surface area contributed by atoms with Crippen molar-refractivity contribution in [1.29, 1.82) is 0 Å². The van der Waals surface area contributed by atoms with Gasteiger partial charge in [0.1, 0.15) is 0 Å². The maximum absolute atomic E-state index is 6.01. The quantitative estimate of drug-likeness (QED) is 0.758. The zero-order valence-electron chi connectivity index (χ0n) is 11.0. The van der Waals surface area contributed by atoms with E-state index in [4.69, 9.17) is 11.6 Å². The summed E-state index contributed by atoms with van der Waals surface area (Å²) in [5.74, 6) is 0. The van der Waals surface area contributed by atoms with Crippen LogP contribution in [0.15, 0.2) is 34.8 Å². The lowest BCUT2D eigenvalue weighted by Crippen LogP contribution is -2.22. The Bertz CT molecular complexity index is 533. The highest BCUT2D eigenvalue weighted by molar-refractivity contribution is 9.10. The van der Waals surface area contributed by atoms with Crippen LogP contribution in [-0.4, -0.2) is 6.54 Å². The summed E-state index contributed by atoms with van der Waals surface area (Å²) in [6, 6.07) is 11.0. The Balaban J connectivity index is 2.23. The summed E-state index contributed by atoms with van der Waals surface area (Å²) >= 11 is 11.2. The molecule has 1 aromatic heterocycles. The van der Waals surface area contributed by atoms with Crippen LogP contribution in [0, 0.1) is 6.92 Å². The van der Waals surface area contributed by atoms with Crippen molar-refractivity contribution in [3.63, 3.8) is 0 Å². The lowest BCUT2D eigenvalue weighted by atomic mass is 10.0. The van der Waals surface area contributed by atoms with E-state index in [0.717, 1.165) is 21.8 Å². The van der Waals surface area contributed by atoms with E-state index in [-0.39, 0.29) is 0 Å². The number of likely N-dealkylation sites (N-methyl/N-ethyl adjacent to an activating group) is 1. The van der Waals surface area contributed by atoms with Gasteiger partial charge in [0, 0.05) is 21.8 Å². The van der Waals surface area contributed by atoms with E-state index >= 15 is 0 Å². The summed E-state index contributed by atoms with van der Waals surface area (Å²) in [6.07, 6.45) is 0.973. The van der Waals surface area contributed by atoms with Crippen LogP contribution in [0.4, 0.5) is 0 Å². The van der Waals surface area contributed by atoms with Crippen LogP contribution in [0.3, 0.4) is 0 Å². The lowest BCUT2D eigenvalue weighted by Gasteiger charge is -2.18. The van der Waals surface area contributed by atoms with Crippen molar-refractivity contribution in [3.05, 3.63) is 55.1 Å². The predicted molar refractivity (Wildman–Crippen MR) is 88.3 cm³/mol. The highest BCUT2D eigenvalue weighted by Crippen LogP contribution is 2.28. The standard InChI is InChI=1S/C15H17BrClNS/c1-3-18-14(9-13-4-5-15(17)19-13)11-6-10(2)7-12(16)8-11/h4-8,14,18H,3,9H2,1-2H3. The molecule has 1 unspecified atom stereocenters. The van der Waals surface area contributed by atoms with Crippen LogP contribution >= 0.6 is 38.9 Å². The van der Waals surface area contributed by atoms with Gasteiger partial charge in [0.2, 0.25) is 0 Å². The minimum atomic E-state index is 0.330. The molecule has 0 radical (unpaired) electrons. The zero-order chi connectivity index (χ0) is 13.8. The van der Waals surface area contributed by atoms with Crippen molar-refractivity contribution in [3.8, 4) is 0 Å². The van der Waals surface area contributed by atoms with E-state index in [1.54, 1.807) is 11.3 Å². The topological polar surface area (TPSA) is 12.0 Å². The summed E-state index contributed by atoms with van der Waals surface area (Å²) in [5.41, 5.74) is 2.59. The van der Waals surface area contributed by atoms with Gasteiger partial charge in [0.25, 0.3) is 0 Å². The first-order chi connectivity index (χ1) is 9.08. The fourth-order valence-corrected chi connectivity index (χ4v) is 3.94. The van der Waals surface area contributed by atoms with E-state index in [9.17, 15) is 0 Å². The molecule has 0 spiro atoms. The average Bonchev–Trinajstić information content (AvgIpc) is 2.73. The number of rotatable bonds is 5. The molecule has 1 N–H and O–H groups in total. The van der Waals surface area contributed by atoms with E-state index < -0.39 is 0 Å². The average molecular weight is 359 g/mol. The molecule has 2 aromatic rings. The smallest absolute Gasteiger partial charge is 0.0931 e. The number of benzene rings is 1. The van der Waals surface area contributed by atoms with E-state index in [1.165, 1.54) is 16.0 Å². The first-order valence-electron chi connectivity index (χ1n) is 6.33. The van der Waals surface area contributed by atoms with Gasteiger partial charge >= 0.3 is 0 Å². The van der Waals surface area contributed by atoms with E-state index in [2.05, 4.69) is 59.4 Å². The van der Waals surface area contributed by atoms with E-state index in [0.29, 0.717) is 6.04 Å². The second-order valence-corrected chi connectivity index (χ2v) is 7.30. The number of hydrogen-bond acceptors (Lipinski definition) is 2. The zero-order valence-corrected chi connectivity index (χ0v) is 14.2. The lowest BCUT2D eigenvalue weighted by molar-refractivity contribution is 0.553. The number of hydrogen-bond donors (Lipinski definition) is 1. The van der Waals surface area contributed by atoms with Gasteiger partial charge in [-0.05, 0) is 48.9 Å². The third-order valence-corrected chi connectivity index (χ3v) is 4.66. The third-order valence-electron chi connectivity index (χ3n) is 2.95. The molecule has 1 aromatic carbocycles. The Morgan fingerprint density at radius 3 is 2.68 bits per heavy atom. The molecule has 1 heterocycles. The van der Waals surface area contributed by atoms with Crippen LogP contribution in [0.25, 0.3) is 0 Å². The number of aryl methyl sites for hydroxylation is 1. The van der Waals surface area contributed by atoms with Crippen molar-refractivity contribution in [2.45, 2.75) is 26.3 Å². The summed E-state index contributed by atoms with van der Waals surface area (Å²) in [4.78, 5) is 1.31. The Kier molecular flexibility index (Phi) is 5.46. The first kappa shape index (κ1) is 15.0. The number of thiophene rings is 1. The van der Waals surface area contributed by atoms with Crippen LogP contribution in [0.5, 0.6) is 0 Å². The minimum absolute atomic E-state index is 0.330. The molecule has 0 aliphatic heterocycles. The highest BCUT2D eigenvalue weighted by atomic mass is 79.9. The van der Waals surface area contributed by atoms with Gasteiger partial charge in [-0.2, -0.15) is 0 Å². The molecule has 0 aliphatic rings. The molecule has 102 valence electrons. The SMILES string of the molecule is CCNC(Cc1ccc(Cl)s1)c1cc(C)cc(Br)c1. The van der Waals surface area contributed by atoms with Crippen molar-refractivity contribution < 1.29 is 0 Å². The van der Waals surface area contributed by atoms with Crippen LogP contribution in [0.2, 0.25) is 4.34 Å². The Hall–Kier alpha value is -0.350. The summed E-state index contributed by atoms with van der Waals surface area (Å²) in [7, 11) is 0. The van der Waals surface area contributed by atoms with Gasteiger partial charge in [0.15, 0.2) is 0 Å². The maximum Gasteiger partial charge on any atom is 0.0931 e. The Morgan fingerprint density at radius 2 is 2.11 bits per heavy atom. The molecule has 0 fully saturated rings. The van der Waals surface area contributed by atoms with Gasteiger partial charge in [-0.1, -0.05) is 40.5 Å². The van der Waals surface area contributed by atoms with Crippen molar-refractivity contribution in [1.82, 2.24) is 5.32 Å². The van der Waals surface area contributed by atoms with Crippen molar-refractivity contribution >= 4 is 38.9 Å². The molecule has 0 aliphatic carbocycles. The van der Waals surface area contributed by atoms with Gasteiger partial charge in [-0.15, -0.1) is 11.3 Å². The number of nitrogens with one attached hydrogen (secondary N) is 1. The minimum Gasteiger partial charge on any atom is -0.310 e. The Morgan fingerprint density at radius 1 is 1.32 bits per heavy atom. The normalized spacial score (nSPS) is 12.6. The van der Waals surface area contributed by atoms with Crippen LogP contribution in [0.1, 0.15) is 29.0 Å². The summed E-state index contributed by atoms with van der Waals surface area (Å²) in [6.45, 7) is 5.22. The molecular formula is C15H17BrClNS. The first-order valence-corrected chi connectivity index (χ1v) is 8.32. The van der Waals surface area contributed by atoms with Crippen molar-refractivity contribution in [2.24, 2.45) is 0 Å².